The molecule has 0 atom stereocenters. The Morgan fingerprint density at radius 3 is 2.56 bits per heavy atom. The van der Waals surface area contributed by atoms with Gasteiger partial charge in [-0.2, -0.15) is 0 Å². The van der Waals surface area contributed by atoms with Crippen LogP contribution < -0.4 is 20.7 Å². The minimum atomic E-state index is -2.00. The molecule has 0 unspecified atom stereocenters. The lowest BCUT2D eigenvalue weighted by atomic mass is 9.49. The van der Waals surface area contributed by atoms with Crippen molar-refractivity contribution in [2.75, 3.05) is 31.3 Å². The van der Waals surface area contributed by atoms with Gasteiger partial charge in [0.2, 0.25) is 5.91 Å². The molecule has 4 rings (SSSR count). The third kappa shape index (κ3) is 6.77. The zero-order chi connectivity index (χ0) is 28.3. The number of methoxy groups -OCH3 is 1. The Morgan fingerprint density at radius 1 is 1.18 bits per heavy atom. The van der Waals surface area contributed by atoms with Gasteiger partial charge in [0, 0.05) is 25.6 Å². The largest absolute Gasteiger partial charge is 0.494 e. The molecule has 2 heterocycles. The lowest BCUT2D eigenvalue weighted by molar-refractivity contribution is -0.117. The number of thiazole rings is 1. The molecule has 0 aliphatic heterocycles. The molecule has 39 heavy (non-hydrogen) atoms. The van der Waals surface area contributed by atoms with Gasteiger partial charge >= 0.3 is 0 Å². The van der Waals surface area contributed by atoms with Gasteiger partial charge in [-0.25, -0.2) is 4.98 Å². The average molecular weight is 539 g/mol. The highest BCUT2D eigenvalue weighted by Crippen LogP contribution is 2.40. The van der Waals surface area contributed by atoms with Crippen LogP contribution in [0.25, 0.3) is 10.6 Å². The molecule has 1 aliphatic rings. The van der Waals surface area contributed by atoms with Crippen LogP contribution in [0, 0.1) is 5.92 Å². The van der Waals surface area contributed by atoms with E-state index in [1.807, 2.05) is 6.92 Å². The molecule has 0 saturated heterocycles. The van der Waals surface area contributed by atoms with Gasteiger partial charge in [0.15, 0.2) is 17.3 Å². The fraction of sp³-hybridized carbons (Fsp3) is 0.333. The molecule has 15 heteroatoms. The standard InChI is InChI=1S/C24H24B3N7O4S/c1-4-34(2)23(37)16-11-28-22(39-16)13-6-5-7-14(19(13)38-3)29-15-10-17(30-20(35)12-8-9-12)32-33-18(15)21(36)31-24(25,26)27/h5-7,10-12H,4,8-9H2,1-3H3,(H,31,36)(H2,29,30,32,35). The van der Waals surface area contributed by atoms with Crippen LogP contribution in [-0.4, -0.2) is 87.3 Å². The van der Waals surface area contributed by atoms with Gasteiger partial charge in [0.05, 0.1) is 53.8 Å². The maximum atomic E-state index is 12.9. The summed E-state index contributed by atoms with van der Waals surface area (Å²) < 4.78 is 5.70. The quantitative estimate of drug-likeness (QED) is 0.331. The van der Waals surface area contributed by atoms with Crippen molar-refractivity contribution in [3.8, 4) is 16.3 Å². The number of hydrogen-bond donors (Lipinski definition) is 3. The highest BCUT2D eigenvalue weighted by molar-refractivity contribution is 7.17. The summed E-state index contributed by atoms with van der Waals surface area (Å²) in [7, 11) is 19.8. The molecule has 1 aromatic carbocycles. The molecule has 1 saturated carbocycles. The van der Waals surface area contributed by atoms with Crippen LogP contribution in [0.5, 0.6) is 5.75 Å². The third-order valence-electron chi connectivity index (χ3n) is 5.79. The summed E-state index contributed by atoms with van der Waals surface area (Å²) in [6, 6.07) is 6.73. The molecule has 0 bridgehead atoms. The second-order valence-corrected chi connectivity index (χ2v) is 10.0. The van der Waals surface area contributed by atoms with E-state index in [1.165, 1.54) is 30.7 Å². The maximum Gasteiger partial charge on any atom is 0.272 e. The number of carbonyl (C=O) groups is 3. The second-order valence-electron chi connectivity index (χ2n) is 9.00. The fourth-order valence-corrected chi connectivity index (χ4v) is 4.48. The van der Waals surface area contributed by atoms with E-state index in [1.54, 1.807) is 30.1 Å². The Hall–Kier alpha value is -3.87. The Morgan fingerprint density at radius 2 is 1.92 bits per heavy atom. The van der Waals surface area contributed by atoms with Crippen LogP contribution in [0.1, 0.15) is 39.9 Å². The summed E-state index contributed by atoms with van der Waals surface area (Å²) in [5.41, 5.74) is 1.06. The zero-order valence-corrected chi connectivity index (χ0v) is 22.5. The number of benzene rings is 1. The molecule has 11 nitrogen and oxygen atoms in total. The van der Waals surface area contributed by atoms with E-state index >= 15 is 0 Å². The molecule has 3 aromatic rings. The first-order valence-corrected chi connectivity index (χ1v) is 12.9. The molecule has 0 spiro atoms. The molecule has 3 N–H and O–H groups in total. The summed E-state index contributed by atoms with van der Waals surface area (Å²) in [5, 5.41) is 14.5. The Labute approximate surface area is 233 Å². The van der Waals surface area contributed by atoms with Crippen molar-refractivity contribution in [3.05, 3.63) is 41.0 Å². The molecule has 3 amide bonds. The first kappa shape index (κ1) is 28.2. The summed E-state index contributed by atoms with van der Waals surface area (Å²) in [5.74, 6) is -0.640. The number of hydrogen-bond acceptors (Lipinski definition) is 9. The number of amides is 3. The number of rotatable bonds is 10. The first-order valence-electron chi connectivity index (χ1n) is 12.0. The van der Waals surface area contributed by atoms with Gasteiger partial charge in [-0.05, 0) is 31.9 Å². The fourth-order valence-electron chi connectivity index (χ4n) is 3.54. The van der Waals surface area contributed by atoms with Crippen LogP contribution in [0.15, 0.2) is 30.5 Å². The maximum absolute atomic E-state index is 12.9. The smallest absolute Gasteiger partial charge is 0.272 e. The number of nitrogens with zero attached hydrogens (tertiary/aromatic N) is 4. The van der Waals surface area contributed by atoms with Gasteiger partial charge in [-0.1, -0.05) is 11.3 Å². The van der Waals surface area contributed by atoms with Gasteiger partial charge in [0.1, 0.15) is 9.88 Å². The average Bonchev–Trinajstić information content (AvgIpc) is 3.63. The van der Waals surface area contributed by atoms with Gasteiger partial charge in [0.25, 0.3) is 11.8 Å². The number of carbonyl (C=O) groups excluding carboxylic acids is 3. The summed E-state index contributed by atoms with van der Waals surface area (Å²) in [4.78, 5) is 44.2. The second kappa shape index (κ2) is 11.5. The molecule has 2 aromatic heterocycles. The van der Waals surface area contributed by atoms with Crippen molar-refractivity contribution >= 4 is 69.8 Å². The van der Waals surface area contributed by atoms with E-state index in [9.17, 15) is 14.4 Å². The van der Waals surface area contributed by atoms with E-state index in [4.69, 9.17) is 28.3 Å². The Balaban J connectivity index is 1.70. The van der Waals surface area contributed by atoms with E-state index in [0.29, 0.717) is 33.4 Å². The molecular formula is C24H24B3N7O4S. The Kier molecular flexibility index (Phi) is 8.29. The predicted molar refractivity (Wildman–Crippen MR) is 151 cm³/mol. The zero-order valence-electron chi connectivity index (χ0n) is 21.6. The van der Waals surface area contributed by atoms with Crippen molar-refractivity contribution in [2.45, 2.75) is 25.0 Å². The van der Waals surface area contributed by atoms with E-state index in [-0.39, 0.29) is 34.9 Å². The van der Waals surface area contributed by atoms with Crippen molar-refractivity contribution in [1.29, 1.82) is 0 Å². The lowest BCUT2D eigenvalue weighted by Crippen LogP contribution is -2.50. The van der Waals surface area contributed by atoms with Crippen LogP contribution >= 0.6 is 11.3 Å². The number of para-hydroxylation sites is 1. The van der Waals surface area contributed by atoms with Crippen LogP contribution in [-0.2, 0) is 4.79 Å². The van der Waals surface area contributed by atoms with Crippen LogP contribution in [0.3, 0.4) is 0 Å². The predicted octanol–water partition coefficient (Wildman–Crippen LogP) is 1.64. The van der Waals surface area contributed by atoms with Crippen molar-refractivity contribution in [1.82, 2.24) is 25.4 Å². The number of ether oxygens (including phenoxy) is 1. The molecule has 1 aliphatic carbocycles. The topological polar surface area (TPSA) is 138 Å². The lowest BCUT2D eigenvalue weighted by Gasteiger charge is -2.23. The van der Waals surface area contributed by atoms with Gasteiger partial charge in [-0.3, -0.25) is 14.4 Å². The minimum Gasteiger partial charge on any atom is -0.494 e. The van der Waals surface area contributed by atoms with Crippen molar-refractivity contribution in [2.24, 2.45) is 5.92 Å². The van der Waals surface area contributed by atoms with E-state index in [0.717, 1.165) is 12.8 Å². The van der Waals surface area contributed by atoms with Gasteiger partial charge in [-0.15, -0.1) is 21.5 Å². The van der Waals surface area contributed by atoms with Crippen LogP contribution in [0.4, 0.5) is 17.2 Å². The first-order chi connectivity index (χ1) is 18.5. The SMILES string of the molecule is [B]C([B])([B])NC(=O)c1nnc(NC(=O)C2CC2)cc1Nc1cccc(-c2ncc(C(=O)N(C)CC)s2)c1OC. The summed E-state index contributed by atoms with van der Waals surface area (Å²) >= 11 is 1.23. The molecular weight excluding hydrogens is 515 g/mol. The van der Waals surface area contributed by atoms with Crippen molar-refractivity contribution in [3.63, 3.8) is 0 Å². The third-order valence-corrected chi connectivity index (χ3v) is 6.81. The van der Waals surface area contributed by atoms with E-state index < -0.39 is 11.1 Å². The van der Waals surface area contributed by atoms with Crippen LogP contribution in [0.2, 0.25) is 0 Å². The molecule has 1 fully saturated rings. The summed E-state index contributed by atoms with van der Waals surface area (Å²) in [6.45, 7) is 2.45. The van der Waals surface area contributed by atoms with Crippen molar-refractivity contribution < 1.29 is 19.1 Å². The minimum absolute atomic E-state index is 0.0671. The number of anilines is 3. The molecule has 194 valence electrons. The Bertz CT molecular complexity index is 1410. The highest BCUT2D eigenvalue weighted by Gasteiger charge is 2.30. The highest BCUT2D eigenvalue weighted by atomic mass is 32.1. The normalized spacial score (nSPS) is 12.9. The van der Waals surface area contributed by atoms with E-state index in [2.05, 4.69) is 31.1 Å². The number of nitrogens with one attached hydrogen (secondary N) is 3. The monoisotopic (exact) mass is 539 g/mol. The molecule has 6 radical (unpaired) electrons. The van der Waals surface area contributed by atoms with Gasteiger partial charge < -0.3 is 25.6 Å². The summed E-state index contributed by atoms with van der Waals surface area (Å²) in [6.07, 6.45) is 3.13. The number of aromatic nitrogens is 3.